The van der Waals surface area contributed by atoms with E-state index in [-0.39, 0.29) is 18.4 Å². The van der Waals surface area contributed by atoms with E-state index < -0.39 is 0 Å². The monoisotopic (exact) mass is 263 g/mol. The van der Waals surface area contributed by atoms with Gasteiger partial charge in [0, 0.05) is 19.1 Å². The maximum absolute atomic E-state index is 9.14. The predicted octanol–water partition coefficient (Wildman–Crippen LogP) is 0.973. The van der Waals surface area contributed by atoms with Gasteiger partial charge in [-0.05, 0) is 18.4 Å². The van der Waals surface area contributed by atoms with Crippen molar-refractivity contribution in [1.82, 2.24) is 4.90 Å². The number of benzene rings is 1. The molecular formula is C14H21N3O2. The van der Waals surface area contributed by atoms with E-state index in [1.54, 1.807) is 0 Å². The molecule has 5 nitrogen and oxygen atoms in total. The molecule has 0 saturated heterocycles. The van der Waals surface area contributed by atoms with Gasteiger partial charge in [0.1, 0.15) is 5.84 Å². The number of nitrogens with two attached hydrogens (primary N) is 1. The highest BCUT2D eigenvalue weighted by atomic mass is 16.4. The minimum atomic E-state index is -0.140. The van der Waals surface area contributed by atoms with Gasteiger partial charge in [0.25, 0.3) is 0 Å². The Labute approximate surface area is 113 Å². The van der Waals surface area contributed by atoms with E-state index in [1.165, 1.54) is 0 Å². The van der Waals surface area contributed by atoms with Crippen molar-refractivity contribution in [3.8, 4) is 0 Å². The molecule has 1 saturated carbocycles. The Balaban J connectivity index is 2.13. The lowest BCUT2D eigenvalue weighted by atomic mass is 9.97. The van der Waals surface area contributed by atoms with E-state index in [4.69, 9.17) is 16.0 Å². The van der Waals surface area contributed by atoms with Crippen LogP contribution in [-0.4, -0.2) is 46.8 Å². The van der Waals surface area contributed by atoms with E-state index in [2.05, 4.69) is 10.1 Å². The minimum absolute atomic E-state index is 0.133. The van der Waals surface area contributed by atoms with Crippen LogP contribution >= 0.6 is 0 Å². The molecule has 4 N–H and O–H groups in total. The molecule has 0 bridgehead atoms. The van der Waals surface area contributed by atoms with Crippen LogP contribution in [0.3, 0.4) is 0 Å². The molecule has 104 valence electrons. The number of aliphatic hydroxyl groups is 1. The van der Waals surface area contributed by atoms with Crippen LogP contribution in [0.5, 0.6) is 0 Å². The van der Waals surface area contributed by atoms with Crippen molar-refractivity contribution in [3.63, 3.8) is 0 Å². The first kappa shape index (κ1) is 13.8. The SMILES string of the molecule is NC(=NO)C(CN(CCO)C1CC1)c1ccccc1. The largest absolute Gasteiger partial charge is 0.409 e. The van der Waals surface area contributed by atoms with Crippen LogP contribution in [0, 0.1) is 0 Å². The molecule has 19 heavy (non-hydrogen) atoms. The minimum Gasteiger partial charge on any atom is -0.409 e. The Morgan fingerprint density at radius 2 is 2.05 bits per heavy atom. The quantitative estimate of drug-likeness (QED) is 0.296. The first-order valence-electron chi connectivity index (χ1n) is 6.63. The third-order valence-electron chi connectivity index (χ3n) is 3.54. The molecular weight excluding hydrogens is 242 g/mol. The van der Waals surface area contributed by atoms with Gasteiger partial charge >= 0.3 is 0 Å². The average molecular weight is 263 g/mol. The normalized spacial score (nSPS) is 17.7. The van der Waals surface area contributed by atoms with Gasteiger partial charge in [-0.3, -0.25) is 4.90 Å². The highest BCUT2D eigenvalue weighted by molar-refractivity contribution is 5.87. The Morgan fingerprint density at radius 3 is 2.58 bits per heavy atom. The maximum Gasteiger partial charge on any atom is 0.147 e. The fourth-order valence-electron chi connectivity index (χ4n) is 2.35. The van der Waals surface area contributed by atoms with Crippen LogP contribution in [0.15, 0.2) is 35.5 Å². The molecule has 1 fully saturated rings. The molecule has 0 spiro atoms. The molecule has 1 aromatic rings. The lowest BCUT2D eigenvalue weighted by molar-refractivity contribution is 0.187. The molecule has 1 aliphatic carbocycles. The van der Waals surface area contributed by atoms with Crippen molar-refractivity contribution in [2.75, 3.05) is 19.7 Å². The predicted molar refractivity (Wildman–Crippen MR) is 74.3 cm³/mol. The molecule has 0 aliphatic heterocycles. The van der Waals surface area contributed by atoms with Gasteiger partial charge in [0.15, 0.2) is 0 Å². The Kier molecular flexibility index (Phi) is 4.76. The number of aliphatic hydroxyl groups excluding tert-OH is 1. The first-order chi connectivity index (χ1) is 9.26. The van der Waals surface area contributed by atoms with Crippen LogP contribution in [-0.2, 0) is 0 Å². The van der Waals surface area contributed by atoms with E-state index in [1.807, 2.05) is 30.3 Å². The zero-order valence-electron chi connectivity index (χ0n) is 10.9. The van der Waals surface area contributed by atoms with Crippen LogP contribution in [0.1, 0.15) is 24.3 Å². The lowest BCUT2D eigenvalue weighted by Gasteiger charge is -2.26. The van der Waals surface area contributed by atoms with Crippen molar-refractivity contribution in [1.29, 1.82) is 0 Å². The highest BCUT2D eigenvalue weighted by Gasteiger charge is 2.31. The van der Waals surface area contributed by atoms with Gasteiger partial charge in [0.2, 0.25) is 0 Å². The molecule has 0 radical (unpaired) electrons. The van der Waals surface area contributed by atoms with Gasteiger partial charge in [0.05, 0.1) is 12.5 Å². The van der Waals surface area contributed by atoms with E-state index >= 15 is 0 Å². The van der Waals surface area contributed by atoms with Crippen molar-refractivity contribution in [3.05, 3.63) is 35.9 Å². The topological polar surface area (TPSA) is 82.1 Å². The number of rotatable bonds is 7. The zero-order valence-corrected chi connectivity index (χ0v) is 10.9. The summed E-state index contributed by atoms with van der Waals surface area (Å²) in [7, 11) is 0. The van der Waals surface area contributed by atoms with E-state index in [9.17, 15) is 0 Å². The summed E-state index contributed by atoms with van der Waals surface area (Å²) in [6.07, 6.45) is 2.33. The number of nitrogens with zero attached hydrogens (tertiary/aromatic N) is 2. The molecule has 0 aromatic heterocycles. The van der Waals surface area contributed by atoms with Crippen molar-refractivity contribution in [2.24, 2.45) is 10.9 Å². The zero-order chi connectivity index (χ0) is 13.7. The van der Waals surface area contributed by atoms with Gasteiger partial charge < -0.3 is 16.0 Å². The molecule has 1 unspecified atom stereocenters. The van der Waals surface area contributed by atoms with Crippen LogP contribution in [0.25, 0.3) is 0 Å². The number of hydrogen-bond acceptors (Lipinski definition) is 4. The standard InChI is InChI=1S/C14H21N3O2/c15-14(16-19)13(11-4-2-1-3-5-11)10-17(8-9-18)12-6-7-12/h1-5,12-13,18-19H,6-10H2,(H2,15,16). The summed E-state index contributed by atoms with van der Waals surface area (Å²) in [5, 5.41) is 21.3. The van der Waals surface area contributed by atoms with Crippen LogP contribution < -0.4 is 5.73 Å². The Bertz CT molecular complexity index is 418. The first-order valence-corrected chi connectivity index (χ1v) is 6.63. The third-order valence-corrected chi connectivity index (χ3v) is 3.54. The van der Waals surface area contributed by atoms with Gasteiger partial charge in [-0.2, -0.15) is 0 Å². The fourth-order valence-corrected chi connectivity index (χ4v) is 2.35. The second kappa shape index (κ2) is 6.54. The van der Waals surface area contributed by atoms with E-state index in [0.717, 1.165) is 18.4 Å². The molecule has 2 rings (SSSR count). The number of oxime groups is 1. The Morgan fingerprint density at radius 1 is 1.37 bits per heavy atom. The molecule has 0 heterocycles. The summed E-state index contributed by atoms with van der Waals surface area (Å²) in [4.78, 5) is 2.22. The fraction of sp³-hybridized carbons (Fsp3) is 0.500. The van der Waals surface area contributed by atoms with Gasteiger partial charge in [-0.15, -0.1) is 0 Å². The summed E-state index contributed by atoms with van der Waals surface area (Å²) in [5.74, 6) is 0.0770. The maximum atomic E-state index is 9.14. The highest BCUT2D eigenvalue weighted by Crippen LogP contribution is 2.29. The van der Waals surface area contributed by atoms with Crippen molar-refractivity contribution in [2.45, 2.75) is 24.8 Å². The van der Waals surface area contributed by atoms with E-state index in [0.29, 0.717) is 19.1 Å². The molecule has 5 heteroatoms. The van der Waals surface area contributed by atoms with Gasteiger partial charge in [-0.1, -0.05) is 35.5 Å². The lowest BCUT2D eigenvalue weighted by Crippen LogP contribution is -2.38. The summed E-state index contributed by atoms with van der Waals surface area (Å²) < 4.78 is 0. The summed E-state index contributed by atoms with van der Waals surface area (Å²) in [6.45, 7) is 1.44. The third kappa shape index (κ3) is 3.68. The second-order valence-electron chi connectivity index (χ2n) is 4.94. The van der Waals surface area contributed by atoms with Crippen LogP contribution in [0.2, 0.25) is 0 Å². The van der Waals surface area contributed by atoms with Gasteiger partial charge in [-0.25, -0.2) is 0 Å². The summed E-state index contributed by atoms with van der Waals surface area (Å²) in [6, 6.07) is 10.3. The summed E-state index contributed by atoms with van der Waals surface area (Å²) >= 11 is 0. The molecule has 1 atom stereocenters. The Hall–Kier alpha value is -1.59. The smallest absolute Gasteiger partial charge is 0.147 e. The van der Waals surface area contributed by atoms with Crippen LogP contribution in [0.4, 0.5) is 0 Å². The number of hydrogen-bond donors (Lipinski definition) is 3. The molecule has 0 amide bonds. The second-order valence-corrected chi connectivity index (χ2v) is 4.94. The molecule has 1 aromatic carbocycles. The summed E-state index contributed by atoms with van der Waals surface area (Å²) in [5.41, 5.74) is 6.85. The van der Waals surface area contributed by atoms with Crippen molar-refractivity contribution >= 4 is 5.84 Å². The molecule has 1 aliphatic rings. The van der Waals surface area contributed by atoms with Crippen molar-refractivity contribution < 1.29 is 10.3 Å². The number of amidine groups is 1. The average Bonchev–Trinajstić information content (AvgIpc) is 3.28.